The standard InChI is InChI=1S/C66H41N3O/c1-3-21-42(22-4-1)64(53-32-14-7-25-45(53)46-26-8-15-33-54(46)64)61-67-62(65(43-23-5-2-6-24-43)55-34-16-9-27-47(55)48-28-10-17-35-56(48)65)69-63(68-61)66(57-36-18-11-29-49(57)50-30-12-19-37-58(50)66)44-39-40-60-52(41-44)51-31-13-20-38-59(51)70-60/h1-41H. The summed E-state index contributed by atoms with van der Waals surface area (Å²) in [5.74, 6) is 2.00. The number of fused-ring (bicyclic) bond motifs is 12. The smallest absolute Gasteiger partial charge is 0.152 e. The maximum atomic E-state index is 6.54. The molecule has 0 atom stereocenters. The van der Waals surface area contributed by atoms with Gasteiger partial charge in [0, 0.05) is 10.8 Å². The van der Waals surface area contributed by atoms with Crippen LogP contribution in [0.1, 0.15) is 67.5 Å². The topological polar surface area (TPSA) is 51.8 Å². The summed E-state index contributed by atoms with van der Waals surface area (Å²) in [5, 5.41) is 2.11. The van der Waals surface area contributed by atoms with Crippen LogP contribution in [-0.2, 0) is 16.2 Å². The normalized spacial score (nSPS) is 14.9. The molecule has 0 N–H and O–H groups in total. The predicted molar refractivity (Wildman–Crippen MR) is 279 cm³/mol. The van der Waals surface area contributed by atoms with Crippen molar-refractivity contribution in [2.24, 2.45) is 0 Å². The number of hydrogen-bond donors (Lipinski definition) is 0. The molecule has 12 aromatic rings. The van der Waals surface area contributed by atoms with Crippen molar-refractivity contribution in [3.05, 3.63) is 316 Å². The third kappa shape index (κ3) is 4.91. The molecular weight excluding hydrogens is 851 g/mol. The van der Waals surface area contributed by atoms with E-state index in [9.17, 15) is 0 Å². The molecule has 70 heavy (non-hydrogen) atoms. The van der Waals surface area contributed by atoms with Crippen LogP contribution in [0.4, 0.5) is 0 Å². The lowest BCUT2D eigenvalue weighted by molar-refractivity contribution is 0.581. The number of benzene rings is 10. The number of hydrogen-bond acceptors (Lipinski definition) is 4. The average molecular weight is 892 g/mol. The van der Waals surface area contributed by atoms with Crippen LogP contribution in [0.5, 0.6) is 0 Å². The van der Waals surface area contributed by atoms with E-state index in [2.05, 4.69) is 243 Å². The quantitative estimate of drug-likeness (QED) is 0.167. The summed E-state index contributed by atoms with van der Waals surface area (Å²) in [6, 6.07) is 90.0. The van der Waals surface area contributed by atoms with E-state index in [1.807, 2.05) is 6.07 Å². The van der Waals surface area contributed by atoms with Gasteiger partial charge in [-0.3, -0.25) is 0 Å². The van der Waals surface area contributed by atoms with Gasteiger partial charge in [-0.2, -0.15) is 0 Å². The van der Waals surface area contributed by atoms with Gasteiger partial charge in [-0.25, -0.2) is 15.0 Å². The first-order valence-electron chi connectivity index (χ1n) is 24.1. The maximum Gasteiger partial charge on any atom is 0.152 e. The van der Waals surface area contributed by atoms with Crippen LogP contribution >= 0.6 is 0 Å². The van der Waals surface area contributed by atoms with Crippen molar-refractivity contribution in [3.63, 3.8) is 0 Å². The van der Waals surface area contributed by atoms with E-state index in [0.717, 1.165) is 83.1 Å². The lowest BCUT2D eigenvalue weighted by atomic mass is 9.68. The van der Waals surface area contributed by atoms with Crippen LogP contribution in [-0.4, -0.2) is 15.0 Å². The van der Waals surface area contributed by atoms with E-state index in [-0.39, 0.29) is 0 Å². The molecule has 3 aliphatic rings. The van der Waals surface area contributed by atoms with E-state index < -0.39 is 16.2 Å². The minimum atomic E-state index is -1.02. The Morgan fingerprint density at radius 1 is 0.243 bits per heavy atom. The molecule has 15 rings (SSSR count). The van der Waals surface area contributed by atoms with Gasteiger partial charge in [0.15, 0.2) is 17.5 Å². The summed E-state index contributed by atoms with van der Waals surface area (Å²) < 4.78 is 6.54. The fourth-order valence-corrected chi connectivity index (χ4v) is 13.0. The molecule has 4 nitrogen and oxygen atoms in total. The molecule has 326 valence electrons. The second kappa shape index (κ2) is 14.5. The van der Waals surface area contributed by atoms with Gasteiger partial charge >= 0.3 is 0 Å². The van der Waals surface area contributed by atoms with Gasteiger partial charge in [-0.1, -0.05) is 231 Å². The molecule has 0 radical (unpaired) electrons. The molecule has 3 aliphatic carbocycles. The van der Waals surface area contributed by atoms with Gasteiger partial charge in [0.1, 0.15) is 27.4 Å². The zero-order chi connectivity index (χ0) is 46.0. The molecule has 0 amide bonds. The minimum Gasteiger partial charge on any atom is -0.456 e. The van der Waals surface area contributed by atoms with Gasteiger partial charge in [-0.15, -0.1) is 0 Å². The summed E-state index contributed by atoms with van der Waals surface area (Å²) >= 11 is 0. The van der Waals surface area contributed by atoms with Crippen LogP contribution in [0.2, 0.25) is 0 Å². The number of aromatic nitrogens is 3. The highest BCUT2D eigenvalue weighted by Gasteiger charge is 2.55. The first kappa shape index (κ1) is 39.0. The first-order valence-corrected chi connectivity index (χ1v) is 24.1. The van der Waals surface area contributed by atoms with E-state index in [4.69, 9.17) is 19.4 Å². The third-order valence-electron chi connectivity index (χ3n) is 15.7. The fraction of sp³-hybridized carbons (Fsp3) is 0.0455. The lowest BCUT2D eigenvalue weighted by Crippen LogP contribution is -2.40. The fourth-order valence-electron chi connectivity index (χ4n) is 13.0. The number of rotatable bonds is 6. The van der Waals surface area contributed by atoms with Crippen LogP contribution in [0.25, 0.3) is 55.3 Å². The summed E-state index contributed by atoms with van der Waals surface area (Å²) in [7, 11) is 0. The van der Waals surface area contributed by atoms with Crippen LogP contribution < -0.4 is 0 Å². The Morgan fingerprint density at radius 3 is 0.929 bits per heavy atom. The van der Waals surface area contributed by atoms with Gasteiger partial charge in [0.05, 0.1) is 0 Å². The minimum absolute atomic E-state index is 0.659. The molecule has 0 spiro atoms. The Kier molecular flexibility index (Phi) is 8.09. The van der Waals surface area contributed by atoms with Gasteiger partial charge in [0.2, 0.25) is 0 Å². The van der Waals surface area contributed by atoms with Crippen molar-refractivity contribution < 1.29 is 4.42 Å². The van der Waals surface area contributed by atoms with Crippen molar-refractivity contribution in [2.45, 2.75) is 16.2 Å². The summed E-state index contributed by atoms with van der Waals surface area (Å²) in [4.78, 5) is 18.5. The Bertz CT molecular complexity index is 3800. The van der Waals surface area contributed by atoms with Crippen molar-refractivity contribution in [3.8, 4) is 33.4 Å². The Hall–Kier alpha value is -8.99. The SMILES string of the molecule is c1ccc(C2(c3nc(C4(c5ccccc5)c5ccccc5-c5ccccc54)nc(C4(c5ccc6oc7ccccc7c6c5)c5ccccc5-c5ccccc54)n3)c3ccccc3-c3ccccc32)cc1. The molecule has 10 aromatic carbocycles. The van der Waals surface area contributed by atoms with Gasteiger partial charge in [-0.05, 0) is 102 Å². The zero-order valence-electron chi connectivity index (χ0n) is 37.9. The molecule has 0 aliphatic heterocycles. The van der Waals surface area contributed by atoms with Crippen molar-refractivity contribution >= 4 is 21.9 Å². The van der Waals surface area contributed by atoms with Crippen molar-refractivity contribution in [1.82, 2.24) is 15.0 Å². The highest BCUT2D eigenvalue weighted by molar-refractivity contribution is 6.05. The van der Waals surface area contributed by atoms with E-state index in [1.54, 1.807) is 0 Å². The zero-order valence-corrected chi connectivity index (χ0v) is 37.9. The maximum absolute atomic E-state index is 6.54. The molecule has 0 bridgehead atoms. The molecule has 4 heteroatoms. The molecule has 2 aromatic heterocycles. The summed E-state index contributed by atoms with van der Waals surface area (Å²) in [6.07, 6.45) is 0. The van der Waals surface area contributed by atoms with Crippen LogP contribution in [0.3, 0.4) is 0 Å². The van der Waals surface area contributed by atoms with Gasteiger partial charge < -0.3 is 4.42 Å². The number of furan rings is 1. The molecule has 0 saturated heterocycles. The molecule has 0 fully saturated rings. The predicted octanol–water partition coefficient (Wildman–Crippen LogP) is 14.9. The Labute approximate surface area is 405 Å². The highest BCUT2D eigenvalue weighted by atomic mass is 16.3. The van der Waals surface area contributed by atoms with Crippen LogP contribution in [0, 0.1) is 0 Å². The molecule has 0 unspecified atom stereocenters. The van der Waals surface area contributed by atoms with Gasteiger partial charge in [0.25, 0.3) is 0 Å². The van der Waals surface area contributed by atoms with E-state index in [1.165, 1.54) is 22.3 Å². The largest absolute Gasteiger partial charge is 0.456 e. The average Bonchev–Trinajstić information content (AvgIpc) is 4.15. The van der Waals surface area contributed by atoms with Crippen LogP contribution in [0.15, 0.2) is 253 Å². The van der Waals surface area contributed by atoms with E-state index in [0.29, 0.717) is 17.5 Å². The Balaban J connectivity index is 1.17. The van der Waals surface area contributed by atoms with E-state index >= 15 is 0 Å². The third-order valence-corrected chi connectivity index (χ3v) is 15.7. The lowest BCUT2D eigenvalue weighted by Gasteiger charge is -2.38. The van der Waals surface area contributed by atoms with Crippen molar-refractivity contribution in [2.75, 3.05) is 0 Å². The molecule has 0 saturated carbocycles. The second-order valence-electron chi connectivity index (χ2n) is 18.9. The highest BCUT2D eigenvalue weighted by Crippen LogP contribution is 2.61. The second-order valence-corrected chi connectivity index (χ2v) is 18.9. The summed E-state index contributed by atoms with van der Waals surface area (Å²) in [6.45, 7) is 0. The molecule has 2 heterocycles. The monoisotopic (exact) mass is 891 g/mol. The number of para-hydroxylation sites is 1. The number of nitrogens with zero attached hydrogens (tertiary/aromatic N) is 3. The van der Waals surface area contributed by atoms with Crippen molar-refractivity contribution in [1.29, 1.82) is 0 Å². The Morgan fingerprint density at radius 2 is 0.543 bits per heavy atom. The molecular formula is C66H41N3O. The first-order chi connectivity index (χ1) is 34.7. The summed E-state index contributed by atoms with van der Waals surface area (Å²) in [5.41, 5.74) is 15.8.